The summed E-state index contributed by atoms with van der Waals surface area (Å²) < 4.78 is 1.89. The molecule has 3 aromatic rings. The number of rotatable bonds is 6. The van der Waals surface area contributed by atoms with Crippen LogP contribution in [0.5, 0.6) is 0 Å². The summed E-state index contributed by atoms with van der Waals surface area (Å²) in [5.74, 6) is 1.43. The molecule has 128 valence electrons. The van der Waals surface area contributed by atoms with Crippen molar-refractivity contribution in [3.8, 4) is 0 Å². The van der Waals surface area contributed by atoms with Crippen molar-refractivity contribution in [2.75, 3.05) is 11.9 Å². The monoisotopic (exact) mass is 343 g/mol. The fraction of sp³-hybridized carbons (Fsp3) is 0.611. The summed E-state index contributed by atoms with van der Waals surface area (Å²) in [6, 6.07) is 0. The Morgan fingerprint density at radius 3 is 3.12 bits per heavy atom. The molecule has 0 unspecified atom stereocenters. The molecule has 4 rings (SSSR count). The van der Waals surface area contributed by atoms with Crippen molar-refractivity contribution in [1.29, 1.82) is 0 Å². The van der Waals surface area contributed by atoms with Crippen LogP contribution in [0.25, 0.3) is 15.9 Å². The number of fused-ring (bicyclic) bond motifs is 5. The Bertz CT molecular complexity index is 850. The highest BCUT2D eigenvalue weighted by Crippen LogP contribution is 2.43. The molecule has 1 aliphatic rings. The van der Waals surface area contributed by atoms with E-state index in [0.29, 0.717) is 5.92 Å². The van der Waals surface area contributed by atoms with Crippen LogP contribution >= 0.6 is 11.3 Å². The molecule has 0 aliphatic heterocycles. The molecule has 24 heavy (non-hydrogen) atoms. The normalized spacial score (nSPS) is 17.5. The second-order valence-corrected chi connectivity index (χ2v) is 7.91. The van der Waals surface area contributed by atoms with E-state index in [2.05, 4.69) is 29.2 Å². The van der Waals surface area contributed by atoms with Crippen LogP contribution in [-0.4, -0.2) is 26.1 Å². The number of hydrogen-bond acceptors (Lipinski definition) is 5. The number of unbranched alkanes of at least 4 members (excludes halogenated alkanes) is 3. The summed E-state index contributed by atoms with van der Waals surface area (Å²) in [6.45, 7) is 5.51. The van der Waals surface area contributed by atoms with Crippen LogP contribution in [0.3, 0.4) is 0 Å². The fourth-order valence-corrected chi connectivity index (χ4v) is 5.10. The summed E-state index contributed by atoms with van der Waals surface area (Å²) in [5.41, 5.74) is 2.43. The second kappa shape index (κ2) is 6.67. The standard InChI is InChI=1S/C18H25N5S/c1-3-4-5-6-10-19-18-22-17-15(16-20-11-21-23(16)18)14-12(2)8-7-9-13(14)24-17/h11-12H,3-10H2,1-2H3,(H,19,22)/t12-/m0/s1. The van der Waals surface area contributed by atoms with Gasteiger partial charge in [-0.1, -0.05) is 33.1 Å². The number of nitrogens with one attached hydrogen (secondary N) is 1. The molecule has 6 heteroatoms. The van der Waals surface area contributed by atoms with E-state index >= 15 is 0 Å². The molecule has 0 saturated heterocycles. The van der Waals surface area contributed by atoms with Gasteiger partial charge in [0, 0.05) is 11.4 Å². The maximum atomic E-state index is 4.90. The van der Waals surface area contributed by atoms with Crippen LogP contribution in [0.4, 0.5) is 5.95 Å². The Kier molecular flexibility index (Phi) is 4.39. The van der Waals surface area contributed by atoms with E-state index in [4.69, 9.17) is 4.98 Å². The third-order valence-electron chi connectivity index (χ3n) is 5.03. The lowest BCUT2D eigenvalue weighted by Crippen LogP contribution is -2.09. The Morgan fingerprint density at radius 1 is 1.33 bits per heavy atom. The highest BCUT2D eigenvalue weighted by Gasteiger charge is 2.25. The van der Waals surface area contributed by atoms with Gasteiger partial charge in [0.1, 0.15) is 11.2 Å². The predicted molar refractivity (Wildman–Crippen MR) is 100 cm³/mol. The van der Waals surface area contributed by atoms with Gasteiger partial charge in [-0.2, -0.15) is 9.61 Å². The molecule has 0 bridgehead atoms. The molecule has 1 aliphatic carbocycles. The van der Waals surface area contributed by atoms with Gasteiger partial charge in [-0.25, -0.2) is 9.97 Å². The number of thiophene rings is 1. The first-order valence-electron chi connectivity index (χ1n) is 9.18. The molecular weight excluding hydrogens is 318 g/mol. The van der Waals surface area contributed by atoms with Crippen LogP contribution in [0.15, 0.2) is 6.33 Å². The fourth-order valence-electron chi connectivity index (χ4n) is 3.77. The van der Waals surface area contributed by atoms with E-state index in [1.165, 1.54) is 60.8 Å². The summed E-state index contributed by atoms with van der Waals surface area (Å²) >= 11 is 1.85. The van der Waals surface area contributed by atoms with E-state index in [9.17, 15) is 0 Å². The quantitative estimate of drug-likeness (QED) is 0.655. The van der Waals surface area contributed by atoms with E-state index in [0.717, 1.165) is 23.0 Å². The average Bonchev–Trinajstić information content (AvgIpc) is 3.18. The number of hydrogen-bond donors (Lipinski definition) is 1. The number of aromatic nitrogens is 4. The average molecular weight is 344 g/mol. The summed E-state index contributed by atoms with van der Waals surface area (Å²) in [7, 11) is 0. The first kappa shape index (κ1) is 15.8. The van der Waals surface area contributed by atoms with Crippen LogP contribution in [0.1, 0.15) is 68.7 Å². The van der Waals surface area contributed by atoms with E-state index in [-0.39, 0.29) is 0 Å². The van der Waals surface area contributed by atoms with Gasteiger partial charge in [0.25, 0.3) is 0 Å². The molecule has 0 fully saturated rings. The molecule has 0 radical (unpaired) electrons. The first-order chi connectivity index (χ1) is 11.8. The van der Waals surface area contributed by atoms with Crippen LogP contribution in [0, 0.1) is 0 Å². The van der Waals surface area contributed by atoms with Gasteiger partial charge in [0.15, 0.2) is 5.65 Å². The smallest absolute Gasteiger partial charge is 0.227 e. The molecule has 1 atom stereocenters. The van der Waals surface area contributed by atoms with Crippen molar-refractivity contribution in [3.05, 3.63) is 16.8 Å². The highest BCUT2D eigenvalue weighted by molar-refractivity contribution is 7.19. The van der Waals surface area contributed by atoms with Crippen LogP contribution < -0.4 is 5.32 Å². The summed E-state index contributed by atoms with van der Waals surface area (Å²) in [6.07, 6.45) is 10.4. The van der Waals surface area contributed by atoms with Gasteiger partial charge in [0.05, 0.1) is 5.39 Å². The van der Waals surface area contributed by atoms with E-state index in [1.54, 1.807) is 6.33 Å². The lowest BCUT2D eigenvalue weighted by atomic mass is 9.87. The molecule has 0 aromatic carbocycles. The SMILES string of the molecule is CCCCCCNc1nc2sc3c(c2c2ncnn12)[C@@H](C)CCC3. The van der Waals surface area contributed by atoms with E-state index < -0.39 is 0 Å². The van der Waals surface area contributed by atoms with Gasteiger partial charge in [-0.3, -0.25) is 0 Å². The van der Waals surface area contributed by atoms with Gasteiger partial charge < -0.3 is 5.32 Å². The Morgan fingerprint density at radius 2 is 2.25 bits per heavy atom. The van der Waals surface area contributed by atoms with Gasteiger partial charge in [-0.05, 0) is 37.2 Å². The third kappa shape index (κ3) is 2.66. The molecule has 3 heterocycles. The van der Waals surface area contributed by atoms with Crippen molar-refractivity contribution >= 4 is 33.1 Å². The van der Waals surface area contributed by atoms with Gasteiger partial charge >= 0.3 is 0 Å². The topological polar surface area (TPSA) is 55.1 Å². The van der Waals surface area contributed by atoms with Gasteiger partial charge in [0.2, 0.25) is 5.95 Å². The molecule has 0 saturated carbocycles. The number of anilines is 1. The zero-order valence-corrected chi connectivity index (χ0v) is 15.3. The second-order valence-electron chi connectivity index (χ2n) is 6.83. The Labute approximate surface area is 146 Å². The molecule has 1 N–H and O–H groups in total. The minimum absolute atomic E-state index is 0.595. The highest BCUT2D eigenvalue weighted by atomic mass is 32.1. The first-order valence-corrected chi connectivity index (χ1v) is 10.00. The van der Waals surface area contributed by atoms with Crippen molar-refractivity contribution in [2.24, 2.45) is 0 Å². The molecule has 0 spiro atoms. The van der Waals surface area contributed by atoms with Crippen molar-refractivity contribution in [1.82, 2.24) is 19.6 Å². The summed E-state index contributed by atoms with van der Waals surface area (Å²) in [5, 5.41) is 9.13. The van der Waals surface area contributed by atoms with Crippen molar-refractivity contribution < 1.29 is 0 Å². The number of aryl methyl sites for hydroxylation is 1. The van der Waals surface area contributed by atoms with Crippen LogP contribution in [0.2, 0.25) is 0 Å². The Hall–Kier alpha value is -1.69. The minimum atomic E-state index is 0.595. The molecule has 5 nitrogen and oxygen atoms in total. The zero-order chi connectivity index (χ0) is 16.5. The zero-order valence-electron chi connectivity index (χ0n) is 14.5. The minimum Gasteiger partial charge on any atom is -0.354 e. The third-order valence-corrected chi connectivity index (χ3v) is 6.19. The maximum Gasteiger partial charge on any atom is 0.227 e. The van der Waals surface area contributed by atoms with Crippen molar-refractivity contribution in [3.63, 3.8) is 0 Å². The largest absolute Gasteiger partial charge is 0.354 e. The number of nitrogens with zero attached hydrogens (tertiary/aromatic N) is 4. The predicted octanol–water partition coefficient (Wildman–Crippen LogP) is 4.77. The van der Waals surface area contributed by atoms with E-state index in [1.807, 2.05) is 15.9 Å². The molecular formula is C18H25N5S. The summed E-state index contributed by atoms with van der Waals surface area (Å²) in [4.78, 5) is 12.1. The lowest BCUT2D eigenvalue weighted by Gasteiger charge is -2.18. The molecule has 3 aromatic heterocycles. The van der Waals surface area contributed by atoms with Gasteiger partial charge in [-0.15, -0.1) is 11.3 Å². The lowest BCUT2D eigenvalue weighted by molar-refractivity contribution is 0.602. The molecule has 0 amide bonds. The van der Waals surface area contributed by atoms with Crippen LogP contribution in [-0.2, 0) is 6.42 Å². The van der Waals surface area contributed by atoms with Crippen molar-refractivity contribution in [2.45, 2.75) is 64.7 Å². The maximum absolute atomic E-state index is 4.90. The Balaban J connectivity index is 1.72.